The van der Waals surface area contributed by atoms with E-state index in [-0.39, 0.29) is 25.4 Å². The zero-order chi connectivity index (χ0) is 14.1. The normalized spacial score (nSPS) is 18.6. The minimum absolute atomic E-state index is 0.0154. The number of hydrogen-bond donors (Lipinski definition) is 3. The molecule has 19 heavy (non-hydrogen) atoms. The van der Waals surface area contributed by atoms with Gasteiger partial charge in [0, 0.05) is 26.0 Å². The molecule has 1 saturated heterocycles. The quantitative estimate of drug-likeness (QED) is 0.658. The van der Waals surface area contributed by atoms with Crippen molar-refractivity contribution in [2.24, 2.45) is 0 Å². The van der Waals surface area contributed by atoms with Crippen LogP contribution in [-0.4, -0.2) is 42.3 Å². The lowest BCUT2D eigenvalue weighted by atomic mass is 10.1. The van der Waals surface area contributed by atoms with Crippen LogP contribution >= 0.6 is 0 Å². The van der Waals surface area contributed by atoms with Crippen LogP contribution in [0.1, 0.15) is 38.5 Å². The van der Waals surface area contributed by atoms with Gasteiger partial charge in [-0.05, 0) is 25.7 Å². The van der Waals surface area contributed by atoms with Crippen LogP contribution in [0, 0.1) is 0 Å². The van der Waals surface area contributed by atoms with Gasteiger partial charge in [-0.1, -0.05) is 0 Å². The molecule has 1 atom stereocenters. The van der Waals surface area contributed by atoms with Crippen molar-refractivity contribution in [2.45, 2.75) is 44.6 Å². The molecule has 1 aliphatic heterocycles. The van der Waals surface area contributed by atoms with E-state index in [0.29, 0.717) is 13.2 Å². The third-order valence-corrected chi connectivity index (χ3v) is 2.81. The van der Waals surface area contributed by atoms with Crippen LogP contribution in [0.15, 0.2) is 0 Å². The van der Waals surface area contributed by atoms with Gasteiger partial charge in [0.25, 0.3) is 0 Å². The lowest BCUT2D eigenvalue weighted by Crippen LogP contribution is -2.43. The summed E-state index contributed by atoms with van der Waals surface area (Å²) in [5.74, 6) is -1.42. The molecule has 1 fully saturated rings. The van der Waals surface area contributed by atoms with E-state index in [0.717, 1.165) is 19.3 Å². The van der Waals surface area contributed by atoms with Gasteiger partial charge in [-0.3, -0.25) is 14.9 Å². The fourth-order valence-corrected chi connectivity index (χ4v) is 1.81. The Kier molecular flexibility index (Phi) is 6.88. The maximum atomic E-state index is 11.4. The lowest BCUT2D eigenvalue weighted by Gasteiger charge is -2.22. The molecule has 7 heteroatoms. The number of imide groups is 1. The number of aliphatic carboxylic acids is 1. The zero-order valence-electron chi connectivity index (χ0n) is 10.8. The van der Waals surface area contributed by atoms with E-state index in [9.17, 15) is 14.4 Å². The Hall–Kier alpha value is -1.63. The molecule has 1 rings (SSSR count). The molecule has 0 aromatic carbocycles. The van der Waals surface area contributed by atoms with Gasteiger partial charge in [0.1, 0.15) is 0 Å². The summed E-state index contributed by atoms with van der Waals surface area (Å²) in [4.78, 5) is 32.9. The van der Waals surface area contributed by atoms with Gasteiger partial charge in [0.05, 0.1) is 6.10 Å². The van der Waals surface area contributed by atoms with Crippen LogP contribution in [0.4, 0.5) is 4.79 Å². The van der Waals surface area contributed by atoms with Crippen LogP contribution in [-0.2, 0) is 14.3 Å². The molecule has 3 amide bonds. The first-order chi connectivity index (χ1) is 9.08. The smallest absolute Gasteiger partial charge is 0.321 e. The van der Waals surface area contributed by atoms with Crippen LogP contribution in [0.5, 0.6) is 0 Å². The van der Waals surface area contributed by atoms with Crippen molar-refractivity contribution in [1.82, 2.24) is 10.6 Å². The summed E-state index contributed by atoms with van der Waals surface area (Å²) in [6, 6.07) is -0.561. The van der Waals surface area contributed by atoms with E-state index in [4.69, 9.17) is 9.84 Å². The number of nitrogens with one attached hydrogen (secondary N) is 2. The highest BCUT2D eigenvalue weighted by molar-refractivity contribution is 5.94. The zero-order valence-corrected chi connectivity index (χ0v) is 10.8. The summed E-state index contributed by atoms with van der Waals surface area (Å²) in [5, 5.41) is 13.1. The highest BCUT2D eigenvalue weighted by Crippen LogP contribution is 2.11. The Morgan fingerprint density at radius 2 is 2.00 bits per heavy atom. The molecule has 0 spiro atoms. The number of hydrogen-bond acceptors (Lipinski definition) is 4. The van der Waals surface area contributed by atoms with Crippen LogP contribution in [0.2, 0.25) is 0 Å². The summed E-state index contributed by atoms with van der Waals surface area (Å²) >= 11 is 0. The molecule has 1 heterocycles. The van der Waals surface area contributed by atoms with Gasteiger partial charge in [-0.25, -0.2) is 4.79 Å². The monoisotopic (exact) mass is 272 g/mol. The fraction of sp³-hybridized carbons (Fsp3) is 0.750. The van der Waals surface area contributed by atoms with E-state index in [1.165, 1.54) is 0 Å². The van der Waals surface area contributed by atoms with E-state index in [1.54, 1.807) is 0 Å². The summed E-state index contributed by atoms with van der Waals surface area (Å²) in [6.07, 6.45) is 3.23. The first kappa shape index (κ1) is 15.4. The third kappa shape index (κ3) is 7.40. The molecule has 0 saturated carbocycles. The molecule has 0 aromatic rings. The van der Waals surface area contributed by atoms with Crippen molar-refractivity contribution in [3.05, 3.63) is 0 Å². The van der Waals surface area contributed by atoms with Crippen LogP contribution in [0.25, 0.3) is 0 Å². The predicted molar refractivity (Wildman–Crippen MR) is 66.6 cm³/mol. The van der Waals surface area contributed by atoms with Gasteiger partial charge in [0.15, 0.2) is 0 Å². The molecule has 0 radical (unpaired) electrons. The molecule has 0 bridgehead atoms. The number of urea groups is 1. The van der Waals surface area contributed by atoms with Crippen LogP contribution in [0.3, 0.4) is 0 Å². The maximum absolute atomic E-state index is 11.4. The first-order valence-corrected chi connectivity index (χ1v) is 6.49. The topological polar surface area (TPSA) is 105 Å². The van der Waals surface area contributed by atoms with Gasteiger partial charge >= 0.3 is 12.0 Å². The van der Waals surface area contributed by atoms with Crippen molar-refractivity contribution in [2.75, 3.05) is 13.2 Å². The molecule has 1 aliphatic rings. The largest absolute Gasteiger partial charge is 0.481 e. The van der Waals surface area contributed by atoms with Gasteiger partial charge in [-0.15, -0.1) is 0 Å². The van der Waals surface area contributed by atoms with Gasteiger partial charge < -0.3 is 15.2 Å². The Morgan fingerprint density at radius 3 is 2.63 bits per heavy atom. The summed E-state index contributed by atoms with van der Waals surface area (Å²) in [6.45, 7) is 1.09. The molecule has 1 unspecified atom stereocenters. The number of rotatable bonds is 6. The first-order valence-electron chi connectivity index (χ1n) is 6.49. The Bertz CT molecular complexity index is 326. The highest BCUT2D eigenvalue weighted by Gasteiger charge is 2.15. The number of amides is 3. The van der Waals surface area contributed by atoms with Crippen molar-refractivity contribution < 1.29 is 24.2 Å². The summed E-state index contributed by atoms with van der Waals surface area (Å²) in [5.41, 5.74) is 0. The third-order valence-electron chi connectivity index (χ3n) is 2.81. The van der Waals surface area contributed by atoms with E-state index >= 15 is 0 Å². The SMILES string of the molecule is O=C(O)CCCC(=O)NC(=O)NCC1CCCCO1. The fourth-order valence-electron chi connectivity index (χ4n) is 1.81. The van der Waals surface area contributed by atoms with E-state index in [2.05, 4.69) is 10.6 Å². The minimum atomic E-state index is -0.952. The molecule has 3 N–H and O–H groups in total. The number of carboxylic acids is 1. The number of ether oxygens (including phenoxy) is 1. The van der Waals surface area contributed by atoms with Gasteiger partial charge in [-0.2, -0.15) is 0 Å². The molecular weight excluding hydrogens is 252 g/mol. The second kappa shape index (κ2) is 8.47. The number of carboxylic acid groups (broad SMARTS) is 1. The van der Waals surface area contributed by atoms with Crippen molar-refractivity contribution in [1.29, 1.82) is 0 Å². The molecule has 108 valence electrons. The minimum Gasteiger partial charge on any atom is -0.481 e. The summed E-state index contributed by atoms with van der Waals surface area (Å²) in [7, 11) is 0. The second-order valence-corrected chi connectivity index (χ2v) is 4.49. The van der Waals surface area contributed by atoms with Crippen molar-refractivity contribution in [3.63, 3.8) is 0 Å². The van der Waals surface area contributed by atoms with Crippen molar-refractivity contribution in [3.8, 4) is 0 Å². The standard InChI is InChI=1S/C12H20N2O5/c15-10(5-3-6-11(16)17)14-12(18)13-8-9-4-1-2-7-19-9/h9H,1-8H2,(H,16,17)(H2,13,14,15,18). The number of carbonyl (C=O) groups excluding carboxylic acids is 2. The van der Waals surface area contributed by atoms with Gasteiger partial charge in [0.2, 0.25) is 5.91 Å². The summed E-state index contributed by atoms with van der Waals surface area (Å²) < 4.78 is 5.43. The predicted octanol–water partition coefficient (Wildman–Crippen LogP) is 0.636. The molecule has 0 aliphatic carbocycles. The molecule has 7 nitrogen and oxygen atoms in total. The van der Waals surface area contributed by atoms with Crippen LogP contribution < -0.4 is 10.6 Å². The Morgan fingerprint density at radius 1 is 1.21 bits per heavy atom. The molecular formula is C12H20N2O5. The average Bonchev–Trinajstić information content (AvgIpc) is 2.37. The number of carbonyl (C=O) groups is 3. The Balaban J connectivity index is 2.08. The average molecular weight is 272 g/mol. The van der Waals surface area contributed by atoms with E-state index in [1.807, 2.05) is 0 Å². The second-order valence-electron chi connectivity index (χ2n) is 4.49. The lowest BCUT2D eigenvalue weighted by molar-refractivity contribution is -0.137. The van der Waals surface area contributed by atoms with E-state index < -0.39 is 17.9 Å². The molecule has 0 aromatic heterocycles. The highest BCUT2D eigenvalue weighted by atomic mass is 16.5. The maximum Gasteiger partial charge on any atom is 0.321 e. The Labute approximate surface area is 111 Å². The van der Waals surface area contributed by atoms with Crippen molar-refractivity contribution >= 4 is 17.9 Å².